The molecule has 0 saturated carbocycles. The van der Waals surface area contributed by atoms with Crippen LogP contribution in [-0.4, -0.2) is 112 Å². The van der Waals surface area contributed by atoms with Crippen LogP contribution < -0.4 is 25.6 Å². The Morgan fingerprint density at radius 1 is 0.922 bits per heavy atom. The number of ether oxygens (including phenoxy) is 1. The van der Waals surface area contributed by atoms with Crippen molar-refractivity contribution in [3.05, 3.63) is 59.7 Å². The first-order chi connectivity index (χ1) is 24.6. The van der Waals surface area contributed by atoms with Crippen LogP contribution in [0.4, 0.5) is 28.8 Å². The lowest BCUT2D eigenvalue weighted by molar-refractivity contribution is 0.174. The van der Waals surface area contributed by atoms with Gasteiger partial charge in [0.05, 0.1) is 40.0 Å². The topological polar surface area (TPSA) is 129 Å². The Labute approximate surface area is 307 Å². The number of rotatable bonds is 9. The number of benzene rings is 2. The molecular weight excluding hydrogens is 729 g/mol. The van der Waals surface area contributed by atoms with Crippen molar-refractivity contribution >= 4 is 68.2 Å². The molecule has 2 saturated heterocycles. The van der Waals surface area contributed by atoms with E-state index in [-0.39, 0.29) is 0 Å². The van der Waals surface area contributed by atoms with Gasteiger partial charge in [0.2, 0.25) is 5.95 Å². The smallest absolute Gasteiger partial charge is 0.229 e. The second-order valence-electron chi connectivity index (χ2n) is 13.8. The van der Waals surface area contributed by atoms with E-state index < -0.39 is 7.14 Å². The third-order valence-corrected chi connectivity index (χ3v) is 11.9. The van der Waals surface area contributed by atoms with Gasteiger partial charge in [0.1, 0.15) is 24.2 Å². The van der Waals surface area contributed by atoms with Gasteiger partial charge in [-0.2, -0.15) is 10.1 Å². The van der Waals surface area contributed by atoms with Crippen molar-refractivity contribution in [3.8, 4) is 16.9 Å². The molecule has 5 aromatic rings. The van der Waals surface area contributed by atoms with E-state index in [0.717, 1.165) is 61.5 Å². The third-order valence-electron chi connectivity index (χ3n) is 9.81. The number of fused-ring (bicyclic) bond motifs is 1. The van der Waals surface area contributed by atoms with E-state index in [0.29, 0.717) is 50.1 Å². The maximum atomic E-state index is 13.5. The second kappa shape index (κ2) is 14.9. The Balaban J connectivity index is 1.18. The van der Waals surface area contributed by atoms with Gasteiger partial charge in [0.15, 0.2) is 0 Å². The van der Waals surface area contributed by atoms with Gasteiger partial charge in [-0.25, -0.2) is 4.98 Å². The zero-order chi connectivity index (χ0) is 35.7. The summed E-state index contributed by atoms with van der Waals surface area (Å²) in [6.07, 6.45) is 12.4. The summed E-state index contributed by atoms with van der Waals surface area (Å²) in [7, 11) is 3.08. The van der Waals surface area contributed by atoms with Crippen molar-refractivity contribution in [3.63, 3.8) is 0 Å². The molecule has 268 valence electrons. The molecule has 51 heavy (non-hydrogen) atoms. The lowest BCUT2D eigenvalue weighted by Crippen LogP contribution is -2.46. The number of anilines is 5. The minimum Gasteiger partial charge on any atom is -0.494 e. The number of hydrogen-bond donors (Lipinski definition) is 2. The zero-order valence-corrected chi connectivity index (χ0v) is 32.3. The van der Waals surface area contributed by atoms with Gasteiger partial charge in [-0.3, -0.25) is 19.5 Å². The summed E-state index contributed by atoms with van der Waals surface area (Å²) < 4.78 is 22.0. The monoisotopic (exact) mass is 773 g/mol. The van der Waals surface area contributed by atoms with E-state index in [1.165, 1.54) is 19.5 Å². The number of hydrogen-bond acceptors (Lipinski definition) is 12. The van der Waals surface area contributed by atoms with Crippen molar-refractivity contribution in [2.45, 2.75) is 25.3 Å². The third kappa shape index (κ3) is 7.74. The average molecular weight is 775 g/mol. The number of nitrogens with one attached hydrogen (secondary N) is 2. The molecule has 2 aromatic carbocycles. The van der Waals surface area contributed by atoms with E-state index in [1.54, 1.807) is 39.0 Å². The first kappa shape index (κ1) is 35.3. The summed E-state index contributed by atoms with van der Waals surface area (Å²) in [4.78, 5) is 26.0. The first-order valence-corrected chi connectivity index (χ1v) is 20.7. The summed E-state index contributed by atoms with van der Waals surface area (Å²) in [5, 5.41) is 11.9. The fourth-order valence-electron chi connectivity index (χ4n) is 7.22. The van der Waals surface area contributed by atoms with Crippen LogP contribution in [0, 0.1) is 0 Å². The maximum absolute atomic E-state index is 13.5. The number of aromatic nitrogens is 6. The van der Waals surface area contributed by atoms with E-state index in [1.807, 2.05) is 36.3 Å². The molecule has 0 bridgehead atoms. The van der Waals surface area contributed by atoms with Crippen LogP contribution in [0.1, 0.15) is 19.3 Å². The number of aryl methyl sites for hydroxylation is 1. The van der Waals surface area contributed by atoms with Crippen LogP contribution in [0.3, 0.4) is 0 Å². The Bertz CT molecular complexity index is 2080. The number of likely N-dealkylation sites (N-methyl/N-ethyl adjacent to an activating group) is 1. The molecule has 0 amide bonds. The largest absolute Gasteiger partial charge is 0.494 e. The summed E-state index contributed by atoms with van der Waals surface area (Å²) in [6.45, 7) is 10.0. The SMILES string of the molecule is COc1cc(N2CCC(N3CCCN(C)CC3)CC2)c(-c2cnn(C)c2)cc1Nc1ncc(Br)c(Nc2ccc3nccnc3c2P(C)(C)=O)n1. The van der Waals surface area contributed by atoms with Crippen molar-refractivity contribution in [1.29, 1.82) is 0 Å². The molecule has 0 radical (unpaired) electrons. The van der Waals surface area contributed by atoms with Gasteiger partial charge in [-0.05, 0) is 86.9 Å². The van der Waals surface area contributed by atoms with Crippen molar-refractivity contribution in [2.24, 2.45) is 7.05 Å². The molecule has 7 rings (SSSR count). The molecule has 15 heteroatoms. The number of methoxy groups -OCH3 is 1. The first-order valence-electron chi connectivity index (χ1n) is 17.3. The molecule has 0 aliphatic carbocycles. The zero-order valence-electron chi connectivity index (χ0n) is 29.8. The normalized spacial score (nSPS) is 16.7. The summed E-state index contributed by atoms with van der Waals surface area (Å²) in [5.41, 5.74) is 5.85. The standard InChI is InChI=1S/C36H45BrN11O2P/c1-45-13-6-14-47(18-17-45)25-9-15-48(16-10-25)31-20-32(50-3)30(19-26(31)24-21-41-46(2)23-24)43-36-40-22-27(37)35(44-36)42-29-8-7-28-33(39-12-11-38-28)34(29)51(4,5)49/h7-8,11-12,19-23,25H,6,9-10,13-18H2,1-5H3,(H2,40,42,43,44). The average Bonchev–Trinajstić information content (AvgIpc) is 3.44. The highest BCUT2D eigenvalue weighted by molar-refractivity contribution is 9.10. The number of halogens is 1. The number of piperidine rings is 1. The predicted molar refractivity (Wildman–Crippen MR) is 209 cm³/mol. The van der Waals surface area contributed by atoms with Crippen LogP contribution >= 0.6 is 23.1 Å². The summed E-state index contributed by atoms with van der Waals surface area (Å²) >= 11 is 3.60. The highest BCUT2D eigenvalue weighted by Gasteiger charge is 2.28. The fraction of sp³-hybridized carbons (Fsp3) is 0.417. The van der Waals surface area contributed by atoms with Crippen molar-refractivity contribution < 1.29 is 9.30 Å². The quantitative estimate of drug-likeness (QED) is 0.172. The van der Waals surface area contributed by atoms with Crippen LogP contribution in [0.15, 0.2) is 59.7 Å². The van der Waals surface area contributed by atoms with E-state index in [9.17, 15) is 4.57 Å². The van der Waals surface area contributed by atoms with E-state index in [2.05, 4.69) is 80.5 Å². The van der Waals surface area contributed by atoms with Crippen LogP contribution in [-0.2, 0) is 11.6 Å². The molecular formula is C36H45BrN11O2P. The van der Waals surface area contributed by atoms with Gasteiger partial charge in [0.25, 0.3) is 0 Å². The lowest BCUT2D eigenvalue weighted by Gasteiger charge is -2.40. The lowest BCUT2D eigenvalue weighted by atomic mass is 9.99. The predicted octanol–water partition coefficient (Wildman–Crippen LogP) is 5.93. The Kier molecular flexibility index (Phi) is 10.3. The van der Waals surface area contributed by atoms with E-state index >= 15 is 0 Å². The molecule has 2 aliphatic rings. The van der Waals surface area contributed by atoms with E-state index in [4.69, 9.17) is 9.72 Å². The fourth-order valence-corrected chi connectivity index (χ4v) is 8.91. The van der Waals surface area contributed by atoms with Crippen LogP contribution in [0.25, 0.3) is 22.2 Å². The van der Waals surface area contributed by atoms with Crippen molar-refractivity contribution in [1.82, 2.24) is 39.5 Å². The van der Waals surface area contributed by atoms with Gasteiger partial charge in [-0.1, -0.05) is 0 Å². The molecule has 5 heterocycles. The highest BCUT2D eigenvalue weighted by atomic mass is 79.9. The second-order valence-corrected chi connectivity index (χ2v) is 17.8. The minimum atomic E-state index is -2.77. The van der Waals surface area contributed by atoms with Gasteiger partial charge >= 0.3 is 0 Å². The Hall–Kier alpha value is -4.10. The minimum absolute atomic E-state index is 0.367. The van der Waals surface area contributed by atoms with Gasteiger partial charge in [0, 0.05) is 86.9 Å². The molecule has 3 aromatic heterocycles. The summed E-state index contributed by atoms with van der Waals surface area (Å²) in [5.74, 6) is 1.56. The Morgan fingerprint density at radius 2 is 1.73 bits per heavy atom. The number of nitrogens with zero attached hydrogens (tertiary/aromatic N) is 9. The van der Waals surface area contributed by atoms with Gasteiger partial charge in [-0.15, -0.1) is 0 Å². The van der Waals surface area contributed by atoms with Crippen LogP contribution in [0.2, 0.25) is 0 Å². The molecule has 0 spiro atoms. The summed E-state index contributed by atoms with van der Waals surface area (Å²) in [6, 6.07) is 8.55. The van der Waals surface area contributed by atoms with Gasteiger partial charge < -0.3 is 29.7 Å². The van der Waals surface area contributed by atoms with Crippen LogP contribution in [0.5, 0.6) is 5.75 Å². The molecule has 2 fully saturated rings. The molecule has 0 unspecified atom stereocenters. The van der Waals surface area contributed by atoms with Crippen molar-refractivity contribution in [2.75, 3.05) is 82.3 Å². The molecule has 2 aliphatic heterocycles. The maximum Gasteiger partial charge on any atom is 0.229 e. The Morgan fingerprint density at radius 3 is 2.47 bits per heavy atom. The molecule has 13 nitrogen and oxygen atoms in total. The highest BCUT2D eigenvalue weighted by Crippen LogP contribution is 2.43. The molecule has 2 N–H and O–H groups in total. The molecule has 0 atom stereocenters.